The zero-order chi connectivity index (χ0) is 13.6. The van der Waals surface area contributed by atoms with Gasteiger partial charge in [-0.05, 0) is 23.7 Å². The minimum absolute atomic E-state index is 0.0146. The standard InChI is InChI=1S/C15H30O2/c1-8-15(6,7)13(9-11(2)3)14(16)17-10-12(4)5/h11-13H,8-10H2,1-7H3. The molecular formula is C15H30O2. The summed E-state index contributed by atoms with van der Waals surface area (Å²) in [6, 6.07) is 0. The van der Waals surface area contributed by atoms with Crippen molar-refractivity contribution in [3.8, 4) is 0 Å². The second kappa shape index (κ2) is 7.03. The van der Waals surface area contributed by atoms with E-state index in [0.717, 1.165) is 12.8 Å². The van der Waals surface area contributed by atoms with Crippen molar-refractivity contribution in [1.29, 1.82) is 0 Å². The highest BCUT2D eigenvalue weighted by molar-refractivity contribution is 5.73. The van der Waals surface area contributed by atoms with Crippen LogP contribution in [0.4, 0.5) is 0 Å². The van der Waals surface area contributed by atoms with Crippen molar-refractivity contribution in [2.45, 2.75) is 61.3 Å². The van der Waals surface area contributed by atoms with E-state index in [4.69, 9.17) is 4.74 Å². The molecule has 0 bridgehead atoms. The summed E-state index contributed by atoms with van der Waals surface area (Å²) in [4.78, 5) is 12.2. The van der Waals surface area contributed by atoms with Crippen LogP contribution in [-0.4, -0.2) is 12.6 Å². The Morgan fingerprint density at radius 3 is 2.00 bits per heavy atom. The van der Waals surface area contributed by atoms with Gasteiger partial charge in [0.1, 0.15) is 0 Å². The lowest BCUT2D eigenvalue weighted by Gasteiger charge is -2.33. The number of hydrogen-bond acceptors (Lipinski definition) is 2. The third-order valence-electron chi connectivity index (χ3n) is 3.41. The molecule has 17 heavy (non-hydrogen) atoms. The molecule has 0 aliphatic rings. The number of hydrogen-bond donors (Lipinski definition) is 0. The van der Waals surface area contributed by atoms with E-state index in [1.165, 1.54) is 0 Å². The maximum absolute atomic E-state index is 12.2. The molecule has 0 aromatic heterocycles. The van der Waals surface area contributed by atoms with Gasteiger partial charge < -0.3 is 4.74 Å². The Kier molecular flexibility index (Phi) is 6.81. The summed E-state index contributed by atoms with van der Waals surface area (Å²) in [7, 11) is 0. The van der Waals surface area contributed by atoms with E-state index in [-0.39, 0.29) is 17.3 Å². The van der Waals surface area contributed by atoms with E-state index < -0.39 is 0 Å². The van der Waals surface area contributed by atoms with Gasteiger partial charge in [-0.25, -0.2) is 0 Å². The summed E-state index contributed by atoms with van der Waals surface area (Å²) in [6.07, 6.45) is 1.92. The molecule has 0 aromatic rings. The first-order chi connectivity index (χ1) is 7.70. The highest BCUT2D eigenvalue weighted by Gasteiger charge is 2.35. The maximum atomic E-state index is 12.2. The van der Waals surface area contributed by atoms with Crippen LogP contribution in [0.2, 0.25) is 0 Å². The van der Waals surface area contributed by atoms with Crippen molar-refractivity contribution in [3.63, 3.8) is 0 Å². The molecule has 2 heteroatoms. The van der Waals surface area contributed by atoms with Crippen LogP contribution in [0.5, 0.6) is 0 Å². The van der Waals surface area contributed by atoms with Gasteiger partial charge in [-0.3, -0.25) is 4.79 Å². The van der Waals surface area contributed by atoms with Crippen molar-refractivity contribution in [2.24, 2.45) is 23.2 Å². The highest BCUT2D eigenvalue weighted by atomic mass is 16.5. The summed E-state index contributed by atoms with van der Waals surface area (Å²) in [5.74, 6) is 0.936. The number of rotatable bonds is 7. The topological polar surface area (TPSA) is 26.3 Å². The zero-order valence-electron chi connectivity index (χ0n) is 12.7. The van der Waals surface area contributed by atoms with Crippen molar-refractivity contribution in [1.82, 2.24) is 0 Å². The molecule has 0 aliphatic heterocycles. The number of ether oxygens (including phenoxy) is 1. The molecule has 1 unspecified atom stereocenters. The molecule has 0 N–H and O–H groups in total. The Labute approximate surface area is 107 Å². The molecule has 0 saturated heterocycles. The number of carbonyl (C=O) groups is 1. The van der Waals surface area contributed by atoms with Crippen molar-refractivity contribution < 1.29 is 9.53 Å². The lowest BCUT2D eigenvalue weighted by molar-refractivity contribution is -0.155. The summed E-state index contributed by atoms with van der Waals surface area (Å²) >= 11 is 0. The first kappa shape index (κ1) is 16.5. The van der Waals surface area contributed by atoms with Gasteiger partial charge in [0, 0.05) is 0 Å². The first-order valence-corrected chi connectivity index (χ1v) is 6.87. The van der Waals surface area contributed by atoms with Gasteiger partial charge in [-0.2, -0.15) is 0 Å². The third kappa shape index (κ3) is 6.09. The summed E-state index contributed by atoms with van der Waals surface area (Å²) < 4.78 is 5.42. The molecule has 0 radical (unpaired) electrons. The maximum Gasteiger partial charge on any atom is 0.309 e. The summed E-state index contributed by atoms with van der Waals surface area (Å²) in [5.41, 5.74) is 0.0261. The largest absolute Gasteiger partial charge is 0.465 e. The van der Waals surface area contributed by atoms with Crippen molar-refractivity contribution in [2.75, 3.05) is 6.61 Å². The predicted octanol–water partition coefficient (Wildman–Crippen LogP) is 4.28. The molecule has 1 atom stereocenters. The lowest BCUT2D eigenvalue weighted by Crippen LogP contribution is -2.33. The monoisotopic (exact) mass is 242 g/mol. The van der Waals surface area contributed by atoms with Gasteiger partial charge in [0.05, 0.1) is 12.5 Å². The fraction of sp³-hybridized carbons (Fsp3) is 0.933. The van der Waals surface area contributed by atoms with Crippen LogP contribution in [-0.2, 0) is 9.53 Å². The molecule has 0 fully saturated rings. The number of carbonyl (C=O) groups excluding carboxylic acids is 1. The molecule has 102 valence electrons. The van der Waals surface area contributed by atoms with Gasteiger partial charge in [-0.1, -0.05) is 54.9 Å². The highest BCUT2D eigenvalue weighted by Crippen LogP contribution is 2.35. The van der Waals surface area contributed by atoms with Crippen LogP contribution in [0.15, 0.2) is 0 Å². The smallest absolute Gasteiger partial charge is 0.309 e. The van der Waals surface area contributed by atoms with Gasteiger partial charge in [0.2, 0.25) is 0 Å². The SMILES string of the molecule is CCC(C)(C)C(CC(C)C)C(=O)OCC(C)C. The van der Waals surface area contributed by atoms with E-state index in [2.05, 4.69) is 48.5 Å². The first-order valence-electron chi connectivity index (χ1n) is 6.87. The predicted molar refractivity (Wildman–Crippen MR) is 72.8 cm³/mol. The van der Waals surface area contributed by atoms with E-state index in [0.29, 0.717) is 18.4 Å². The average Bonchev–Trinajstić information content (AvgIpc) is 2.22. The second-order valence-electron chi connectivity index (χ2n) is 6.55. The molecule has 0 heterocycles. The molecule has 0 rings (SSSR count). The van der Waals surface area contributed by atoms with Crippen LogP contribution >= 0.6 is 0 Å². The Balaban J connectivity index is 4.62. The fourth-order valence-corrected chi connectivity index (χ4v) is 1.80. The van der Waals surface area contributed by atoms with Crippen LogP contribution in [0.25, 0.3) is 0 Å². The van der Waals surface area contributed by atoms with Crippen LogP contribution < -0.4 is 0 Å². The van der Waals surface area contributed by atoms with Crippen LogP contribution in [0.3, 0.4) is 0 Å². The Hall–Kier alpha value is -0.530. The van der Waals surface area contributed by atoms with E-state index in [1.54, 1.807) is 0 Å². The van der Waals surface area contributed by atoms with E-state index in [9.17, 15) is 4.79 Å². The van der Waals surface area contributed by atoms with Gasteiger partial charge in [-0.15, -0.1) is 0 Å². The quantitative estimate of drug-likeness (QED) is 0.623. The minimum atomic E-state index is -0.0146. The zero-order valence-corrected chi connectivity index (χ0v) is 12.7. The van der Waals surface area contributed by atoms with Gasteiger partial charge >= 0.3 is 5.97 Å². The fourth-order valence-electron chi connectivity index (χ4n) is 1.80. The molecule has 0 aliphatic carbocycles. The molecule has 2 nitrogen and oxygen atoms in total. The third-order valence-corrected chi connectivity index (χ3v) is 3.41. The Morgan fingerprint density at radius 1 is 1.12 bits per heavy atom. The normalized spacial score (nSPS) is 14.2. The second-order valence-corrected chi connectivity index (χ2v) is 6.55. The summed E-state index contributed by atoms with van der Waals surface area (Å²) in [5, 5.41) is 0. The van der Waals surface area contributed by atoms with Crippen molar-refractivity contribution in [3.05, 3.63) is 0 Å². The molecule has 0 saturated carbocycles. The average molecular weight is 242 g/mol. The molecule has 0 amide bonds. The van der Waals surface area contributed by atoms with Crippen LogP contribution in [0, 0.1) is 23.2 Å². The van der Waals surface area contributed by atoms with E-state index >= 15 is 0 Å². The number of esters is 1. The Morgan fingerprint density at radius 2 is 1.65 bits per heavy atom. The van der Waals surface area contributed by atoms with Gasteiger partial charge in [0.25, 0.3) is 0 Å². The summed E-state index contributed by atoms with van der Waals surface area (Å²) in [6.45, 7) is 15.5. The van der Waals surface area contributed by atoms with Crippen molar-refractivity contribution >= 4 is 5.97 Å². The molecular weight excluding hydrogens is 212 g/mol. The molecule has 0 aromatic carbocycles. The lowest BCUT2D eigenvalue weighted by atomic mass is 9.73. The van der Waals surface area contributed by atoms with Gasteiger partial charge in [0.15, 0.2) is 0 Å². The molecule has 0 spiro atoms. The van der Waals surface area contributed by atoms with Crippen LogP contribution in [0.1, 0.15) is 61.3 Å². The minimum Gasteiger partial charge on any atom is -0.465 e. The van der Waals surface area contributed by atoms with E-state index in [1.807, 2.05) is 0 Å². The Bertz CT molecular complexity index is 229.